The Morgan fingerprint density at radius 2 is 1.38 bits per heavy atom. The maximum atomic E-state index is 14.6. The van der Waals surface area contributed by atoms with Crippen LogP contribution in [-0.2, 0) is 91.5 Å². The van der Waals surface area contributed by atoms with Crippen LogP contribution in [0.1, 0.15) is 46.5 Å². The van der Waals surface area contributed by atoms with E-state index in [1.165, 1.54) is 34.7 Å². The highest BCUT2D eigenvalue weighted by molar-refractivity contribution is 7.22. The monoisotopic (exact) mass is 1640 g/mol. The lowest BCUT2D eigenvalue weighted by Gasteiger charge is -2.42. The number of thiophene rings is 1. The molecule has 29 nitrogen and oxygen atoms in total. The molecule has 2 unspecified atom stereocenters. The topological polar surface area (TPSA) is 296 Å². The average molecular weight is 1640 g/mol. The smallest absolute Gasteiger partial charge is 0.410 e. The van der Waals surface area contributed by atoms with Gasteiger partial charge in [-0.05, 0) is 123 Å². The third-order valence-electron chi connectivity index (χ3n) is 19.4. The van der Waals surface area contributed by atoms with Crippen molar-refractivity contribution in [2.45, 2.75) is 71.2 Å². The number of quaternary nitrogens is 1. The van der Waals surface area contributed by atoms with Crippen molar-refractivity contribution < 1.29 is 84.8 Å². The van der Waals surface area contributed by atoms with E-state index in [-0.39, 0.29) is 43.8 Å². The molecule has 0 saturated carbocycles. The van der Waals surface area contributed by atoms with Crippen molar-refractivity contribution in [1.82, 2.24) is 55.4 Å². The molecule has 5 heterocycles. The molecule has 32 heteroatoms. The van der Waals surface area contributed by atoms with Gasteiger partial charge in [-0.2, -0.15) is 0 Å². The Morgan fingerprint density at radius 3 is 2.05 bits per heavy atom. The molecule has 10 rings (SSSR count). The minimum atomic E-state index is -1.01. The van der Waals surface area contributed by atoms with Gasteiger partial charge in [0.05, 0.1) is 167 Å². The largest absolute Gasteiger partial charge is 0.496 e. The zero-order valence-corrected chi connectivity index (χ0v) is 68.8. The highest BCUT2D eigenvalue weighted by Crippen LogP contribution is 2.50. The van der Waals surface area contributed by atoms with Gasteiger partial charge in [0.25, 0.3) is 0 Å². The number of carbonyl (C=O) groups is 3. The number of aldehydes is 1. The Kier molecular flexibility index (Phi) is 36.7. The number of methoxy groups -OCH3 is 2. The second kappa shape index (κ2) is 47.8. The summed E-state index contributed by atoms with van der Waals surface area (Å²) in [7, 11) is 10.8. The van der Waals surface area contributed by atoms with E-state index >= 15 is 0 Å². The number of para-hydroxylation sites is 2. The lowest BCUT2D eigenvalue weighted by Crippen LogP contribution is -2.57. The van der Waals surface area contributed by atoms with Gasteiger partial charge in [-0.3, -0.25) is 14.5 Å². The van der Waals surface area contributed by atoms with E-state index in [1.54, 1.807) is 63.6 Å². The van der Waals surface area contributed by atoms with E-state index in [2.05, 4.69) is 48.2 Å². The van der Waals surface area contributed by atoms with Crippen LogP contribution in [0.4, 0.5) is 14.9 Å². The summed E-state index contributed by atoms with van der Waals surface area (Å²) in [6, 6.07) is 32.4. The van der Waals surface area contributed by atoms with Gasteiger partial charge < -0.3 is 86.9 Å². The lowest BCUT2D eigenvalue weighted by atomic mass is 9.96. The summed E-state index contributed by atoms with van der Waals surface area (Å²) in [4.78, 5) is 64.4. The van der Waals surface area contributed by atoms with Crippen LogP contribution in [0.15, 0.2) is 128 Å². The number of carbonyl (C=O) groups excluding carboxylic acids is 3. The molecule has 0 radical (unpaired) electrons. The molecule has 1 aliphatic heterocycles. The molecule has 3 N–H and O–H groups in total. The summed E-state index contributed by atoms with van der Waals surface area (Å²) in [5.74, 6) is 1.85. The fraction of sp³-hybridized carbons (Fsp3) is 0.464. The first-order valence-electron chi connectivity index (χ1n) is 39.0. The van der Waals surface area contributed by atoms with Crippen LogP contribution in [0.3, 0.4) is 0 Å². The second-order valence-corrected chi connectivity index (χ2v) is 29.2. The van der Waals surface area contributed by atoms with Crippen molar-refractivity contribution >= 4 is 57.1 Å². The molecule has 0 aliphatic carbocycles. The van der Waals surface area contributed by atoms with E-state index in [4.69, 9.17) is 83.1 Å². The van der Waals surface area contributed by atoms with Crippen molar-refractivity contribution in [2.24, 2.45) is 0 Å². The maximum absolute atomic E-state index is 14.6. The summed E-state index contributed by atoms with van der Waals surface area (Å²) in [5.41, 5.74) is 8.03. The zero-order chi connectivity index (χ0) is 81.7. The van der Waals surface area contributed by atoms with Crippen LogP contribution in [0, 0.1) is 12.7 Å². The number of piperazine rings is 1. The summed E-state index contributed by atoms with van der Waals surface area (Å²) >= 11 is 8.73. The number of likely N-dealkylation sites (N-methyl/N-ethyl adjacent to an activating group) is 2. The Bertz CT molecular complexity index is 4500. The molecule has 1 aliphatic rings. The van der Waals surface area contributed by atoms with Crippen LogP contribution < -0.4 is 34.9 Å². The van der Waals surface area contributed by atoms with Crippen molar-refractivity contribution in [2.75, 3.05) is 193 Å². The molecule has 9 aromatic rings. The van der Waals surface area contributed by atoms with Gasteiger partial charge in [0, 0.05) is 74.6 Å². The number of nitrogens with one attached hydrogen (secondary N) is 3. The van der Waals surface area contributed by atoms with Gasteiger partial charge in [-0.15, -0.1) is 16.4 Å². The van der Waals surface area contributed by atoms with Gasteiger partial charge in [0.1, 0.15) is 66.3 Å². The molecule has 5 aromatic carbocycles. The van der Waals surface area contributed by atoms with Gasteiger partial charge in [0.2, 0.25) is 11.8 Å². The van der Waals surface area contributed by atoms with Gasteiger partial charge >= 0.3 is 6.09 Å². The lowest BCUT2D eigenvalue weighted by molar-refractivity contribution is -0.926. The Hall–Kier alpha value is -9.29. The maximum Gasteiger partial charge on any atom is 0.410 e. The summed E-state index contributed by atoms with van der Waals surface area (Å²) in [6.45, 7) is 15.3. The number of anilines is 1. The van der Waals surface area contributed by atoms with E-state index in [9.17, 15) is 18.8 Å². The second-order valence-electron chi connectivity index (χ2n) is 27.8. The number of hydrogen-bond donors (Lipinski definition) is 3. The molecule has 624 valence electrons. The number of amides is 2. The number of fused-ring (bicyclic) bond motifs is 1. The minimum absolute atomic E-state index is 0.0896. The molecule has 2 amide bonds. The average Bonchev–Trinajstić information content (AvgIpc) is 1.59. The first kappa shape index (κ1) is 89.1. The number of halogens is 2. The van der Waals surface area contributed by atoms with Crippen molar-refractivity contribution in [3.63, 3.8) is 0 Å². The van der Waals surface area contributed by atoms with Crippen LogP contribution in [0.25, 0.3) is 43.2 Å². The van der Waals surface area contributed by atoms with E-state index in [1.807, 2.05) is 92.8 Å². The van der Waals surface area contributed by atoms with Crippen LogP contribution in [0.2, 0.25) is 5.02 Å². The van der Waals surface area contributed by atoms with Gasteiger partial charge in [-0.1, -0.05) is 71.4 Å². The molecule has 0 bridgehead atoms. The third-order valence-corrected chi connectivity index (χ3v) is 21.0. The van der Waals surface area contributed by atoms with Gasteiger partial charge in [-0.25, -0.2) is 33.8 Å². The van der Waals surface area contributed by atoms with E-state index in [0.717, 1.165) is 93.7 Å². The third kappa shape index (κ3) is 27.4. The van der Waals surface area contributed by atoms with Crippen LogP contribution in [-0.4, -0.2) is 267 Å². The SMILES string of the molecule is CNCCCC(NC)C(=O)Nc1ccc(C[N+]2(C)CCN(CCOc3ccc(-c4c(-c5ccc(F)cc5)sc5ncnc(OC(C=O)Cc6ccccc6OCc6ccnc(-c7ccccc7OC)n6)c45)c(C)c3Cl)CC2)c(CN(C)C(=O)OCc2cn(CCOCCOCCOCCOCCOCCOCCOCCOC)nn2)c1. The molecule has 0 spiro atoms. The number of benzene rings is 5. The predicted octanol–water partition coefficient (Wildman–Crippen LogP) is 10.3. The number of ether oxygens (including phenoxy) is 13. The molecule has 1 saturated heterocycles. The van der Waals surface area contributed by atoms with E-state index in [0.29, 0.717) is 193 Å². The number of rotatable bonds is 53. The number of nitrogens with zero attached hydrogens (tertiary/aromatic N) is 10. The fourth-order valence-electron chi connectivity index (χ4n) is 13.0. The Morgan fingerprint density at radius 1 is 0.707 bits per heavy atom. The molecule has 116 heavy (non-hydrogen) atoms. The normalized spacial score (nSPS) is 13.4. The molecule has 1 fully saturated rings. The summed E-state index contributed by atoms with van der Waals surface area (Å²) < 4.78 is 91.5. The van der Waals surface area contributed by atoms with Crippen molar-refractivity contribution in [3.05, 3.63) is 172 Å². The quantitative estimate of drug-likeness (QED) is 0.0181. The standard InChI is InChI=1S/C84H107ClFN13O16S/c1-60-70(76-77-82(90-59-91-83(77)116-79(76)61-18-21-65(86)22-19-61)115-69(56-100)52-62-13-8-10-16-73(62)113-57-67-26-28-89-80(92-67)71-14-9-11-17-74(71)104-7)24-25-75(78(60)85)112-36-31-97-29-33-99(5,34-30-97)55-63-20-23-66(93-81(101)72(88-3)15-12-27-87-2)51-64(63)53-96(4)84(102)114-58-68-54-98(95-94-68)32-35-105-39-40-107-43-44-109-47-48-111-50-49-110-46-45-108-42-41-106-38-37-103-6/h8-11,13-14,16-26,28,51,54,56,59,69,72,87-88H,12,15,27,29-50,52-53,55,57-58H2,1-7H3/p+1. The molecular formula is C84H108ClFN13O16S+. The summed E-state index contributed by atoms with van der Waals surface area (Å²) in [6.07, 6.45) is 5.60. The summed E-state index contributed by atoms with van der Waals surface area (Å²) in [5, 5.41) is 18.8. The van der Waals surface area contributed by atoms with Crippen LogP contribution in [0.5, 0.6) is 23.1 Å². The zero-order valence-electron chi connectivity index (χ0n) is 67.2. The highest BCUT2D eigenvalue weighted by Gasteiger charge is 2.32. The Balaban J connectivity index is 0.701. The molecule has 2 atom stereocenters. The predicted molar refractivity (Wildman–Crippen MR) is 439 cm³/mol. The fourth-order valence-corrected chi connectivity index (χ4v) is 14.3. The highest BCUT2D eigenvalue weighted by atomic mass is 35.5. The van der Waals surface area contributed by atoms with E-state index < -0.39 is 18.2 Å². The first-order chi connectivity index (χ1) is 56.7. The number of hydrogen-bond acceptors (Lipinski definition) is 26. The van der Waals surface area contributed by atoms with Gasteiger partial charge in [0.15, 0.2) is 18.2 Å². The van der Waals surface area contributed by atoms with Crippen molar-refractivity contribution in [1.29, 1.82) is 0 Å². The minimum Gasteiger partial charge on any atom is -0.496 e. The molecule has 4 aromatic heterocycles. The van der Waals surface area contributed by atoms with Crippen LogP contribution >= 0.6 is 22.9 Å². The molecular weight excluding hydrogens is 1530 g/mol. The number of aromatic nitrogens is 7. The Labute approximate surface area is 686 Å². The van der Waals surface area contributed by atoms with Crippen molar-refractivity contribution in [3.8, 4) is 56.1 Å². The first-order valence-corrected chi connectivity index (χ1v) is 40.2.